The van der Waals surface area contributed by atoms with Crippen molar-refractivity contribution in [2.45, 2.75) is 31.7 Å². The Balaban J connectivity index is 0.00000144. The van der Waals surface area contributed by atoms with Crippen LogP contribution in [0.25, 0.3) is 0 Å². The summed E-state index contributed by atoms with van der Waals surface area (Å²) in [4.78, 5) is 15.7. The highest BCUT2D eigenvalue weighted by Gasteiger charge is 2.29. The number of aliphatic carboxylic acids is 1. The van der Waals surface area contributed by atoms with E-state index >= 15 is 0 Å². The van der Waals surface area contributed by atoms with E-state index in [1.54, 1.807) is 0 Å². The number of carboxylic acids is 1. The molecule has 0 aromatic rings. The fourth-order valence-electron chi connectivity index (χ4n) is 2.87. The van der Waals surface area contributed by atoms with Crippen LogP contribution in [-0.4, -0.2) is 65.6 Å². The number of likely N-dealkylation sites (tertiary alicyclic amines) is 2. The van der Waals surface area contributed by atoms with Gasteiger partial charge in [-0.25, -0.2) is 0 Å². The van der Waals surface area contributed by atoms with E-state index in [0.717, 1.165) is 25.9 Å². The maximum atomic E-state index is 10.9. The molecule has 0 radical (unpaired) electrons. The molecule has 2 rings (SSSR count). The van der Waals surface area contributed by atoms with Gasteiger partial charge in [-0.1, -0.05) is 0 Å². The summed E-state index contributed by atoms with van der Waals surface area (Å²) in [5, 5.41) is 8.94. The van der Waals surface area contributed by atoms with Crippen LogP contribution in [-0.2, 0) is 4.79 Å². The minimum absolute atomic E-state index is 0. The summed E-state index contributed by atoms with van der Waals surface area (Å²) in [6, 6.07) is 0.700. The first-order chi connectivity index (χ1) is 7.66. The molecule has 0 aromatic carbocycles. The molecule has 2 aliphatic heterocycles. The maximum absolute atomic E-state index is 10.9. The highest BCUT2D eigenvalue weighted by molar-refractivity contribution is 5.70. The zero-order valence-electron chi connectivity index (χ0n) is 10.6. The van der Waals surface area contributed by atoms with Crippen LogP contribution in [0.15, 0.2) is 0 Å². The van der Waals surface area contributed by atoms with Crippen molar-refractivity contribution in [1.82, 2.24) is 9.80 Å². The smallest absolute Gasteiger partial charge is 0.306 e. The molecule has 3 N–H and O–H groups in total. The van der Waals surface area contributed by atoms with E-state index in [0.29, 0.717) is 6.04 Å². The molecule has 2 aliphatic rings. The molecule has 0 unspecified atom stereocenters. The molecule has 0 amide bonds. The Hall–Kier alpha value is -0.650. The Kier molecular flexibility index (Phi) is 5.36. The normalized spacial score (nSPS) is 25.5. The van der Waals surface area contributed by atoms with Crippen LogP contribution in [0, 0.1) is 5.92 Å². The van der Waals surface area contributed by atoms with Crippen LogP contribution in [0.4, 0.5) is 0 Å². The standard InChI is InChI=1S/C12H22N2O2.H2O/c1-13-6-4-11(5-7-13)14-8-2-10(3-9-14)12(15)16;/h10-11H,2-9H2,1H3,(H,15,16);1H2. The lowest BCUT2D eigenvalue weighted by Gasteiger charge is -2.40. The Morgan fingerprint density at radius 2 is 1.59 bits per heavy atom. The molecule has 0 saturated carbocycles. The van der Waals surface area contributed by atoms with Crippen molar-refractivity contribution in [2.24, 2.45) is 5.92 Å². The second-order valence-electron chi connectivity index (χ2n) is 5.18. The van der Waals surface area contributed by atoms with Crippen LogP contribution in [0.3, 0.4) is 0 Å². The molecular weight excluding hydrogens is 220 g/mol. The minimum atomic E-state index is -0.608. The van der Waals surface area contributed by atoms with E-state index in [-0.39, 0.29) is 11.4 Å². The second-order valence-corrected chi connectivity index (χ2v) is 5.18. The lowest BCUT2D eigenvalue weighted by molar-refractivity contribution is -0.143. The molecule has 2 fully saturated rings. The number of rotatable bonds is 2. The summed E-state index contributed by atoms with van der Waals surface area (Å²) >= 11 is 0. The Morgan fingerprint density at radius 3 is 2.06 bits per heavy atom. The number of carbonyl (C=O) groups is 1. The van der Waals surface area contributed by atoms with Gasteiger partial charge in [0.1, 0.15) is 0 Å². The van der Waals surface area contributed by atoms with Crippen molar-refractivity contribution in [3.63, 3.8) is 0 Å². The van der Waals surface area contributed by atoms with Crippen molar-refractivity contribution in [3.8, 4) is 0 Å². The van der Waals surface area contributed by atoms with Gasteiger partial charge in [-0.2, -0.15) is 0 Å². The van der Waals surface area contributed by atoms with Gasteiger partial charge in [0.05, 0.1) is 5.92 Å². The van der Waals surface area contributed by atoms with Gasteiger partial charge in [0.2, 0.25) is 0 Å². The molecule has 5 nitrogen and oxygen atoms in total. The van der Waals surface area contributed by atoms with Crippen molar-refractivity contribution in [1.29, 1.82) is 0 Å². The second kappa shape index (κ2) is 6.33. The van der Waals surface area contributed by atoms with E-state index < -0.39 is 5.97 Å². The molecule has 2 saturated heterocycles. The molecule has 0 aliphatic carbocycles. The van der Waals surface area contributed by atoms with Crippen LogP contribution in [0.5, 0.6) is 0 Å². The van der Waals surface area contributed by atoms with Gasteiger partial charge in [0.15, 0.2) is 0 Å². The number of hydrogen-bond donors (Lipinski definition) is 1. The number of piperidine rings is 2. The first-order valence-electron chi connectivity index (χ1n) is 6.32. The predicted octanol–water partition coefficient (Wildman–Crippen LogP) is 0.0525. The summed E-state index contributed by atoms with van der Waals surface area (Å²) in [6.45, 7) is 4.32. The van der Waals surface area contributed by atoms with Gasteiger partial charge in [-0.15, -0.1) is 0 Å². The van der Waals surface area contributed by atoms with Crippen LogP contribution in [0.1, 0.15) is 25.7 Å². The average molecular weight is 244 g/mol. The van der Waals surface area contributed by atoms with Gasteiger partial charge in [-0.05, 0) is 58.9 Å². The highest BCUT2D eigenvalue weighted by atomic mass is 16.4. The van der Waals surface area contributed by atoms with Crippen LogP contribution in [0.2, 0.25) is 0 Å². The summed E-state index contributed by atoms with van der Waals surface area (Å²) in [6.07, 6.45) is 4.16. The molecule has 0 spiro atoms. The third-order valence-electron chi connectivity index (χ3n) is 4.08. The fraction of sp³-hybridized carbons (Fsp3) is 0.917. The first kappa shape index (κ1) is 14.4. The lowest BCUT2D eigenvalue weighted by atomic mass is 9.94. The Bertz CT molecular complexity index is 244. The zero-order valence-corrected chi connectivity index (χ0v) is 10.6. The molecular formula is C12H24N2O3. The summed E-state index contributed by atoms with van der Waals surface area (Å²) in [5.74, 6) is -0.703. The van der Waals surface area contributed by atoms with E-state index in [1.165, 1.54) is 25.9 Å². The number of hydrogen-bond acceptors (Lipinski definition) is 3. The fourth-order valence-corrected chi connectivity index (χ4v) is 2.87. The van der Waals surface area contributed by atoms with Crippen LogP contribution < -0.4 is 0 Å². The lowest BCUT2D eigenvalue weighted by Crippen LogP contribution is -2.47. The van der Waals surface area contributed by atoms with Crippen molar-refractivity contribution in [2.75, 3.05) is 33.2 Å². The summed E-state index contributed by atoms with van der Waals surface area (Å²) in [5.41, 5.74) is 0. The topological polar surface area (TPSA) is 75.3 Å². The number of carboxylic acid groups (broad SMARTS) is 1. The monoisotopic (exact) mass is 244 g/mol. The summed E-state index contributed by atoms with van der Waals surface area (Å²) in [7, 11) is 2.17. The molecule has 17 heavy (non-hydrogen) atoms. The van der Waals surface area contributed by atoms with Crippen molar-refractivity contribution < 1.29 is 15.4 Å². The van der Waals surface area contributed by atoms with Crippen molar-refractivity contribution in [3.05, 3.63) is 0 Å². The van der Waals surface area contributed by atoms with Crippen LogP contribution >= 0.6 is 0 Å². The van der Waals surface area contributed by atoms with Gasteiger partial charge in [-0.3, -0.25) is 4.79 Å². The van der Waals surface area contributed by atoms with Gasteiger partial charge in [0.25, 0.3) is 0 Å². The predicted molar refractivity (Wildman–Crippen MR) is 66.1 cm³/mol. The molecule has 100 valence electrons. The highest BCUT2D eigenvalue weighted by Crippen LogP contribution is 2.23. The molecule has 5 heteroatoms. The molecule has 0 aromatic heterocycles. The molecule has 0 bridgehead atoms. The first-order valence-corrected chi connectivity index (χ1v) is 6.32. The quantitative estimate of drug-likeness (QED) is 0.745. The van der Waals surface area contributed by atoms with Gasteiger partial charge >= 0.3 is 5.97 Å². The Morgan fingerprint density at radius 1 is 1.06 bits per heavy atom. The van der Waals surface area contributed by atoms with E-state index in [9.17, 15) is 4.79 Å². The summed E-state index contributed by atoms with van der Waals surface area (Å²) < 4.78 is 0. The third kappa shape index (κ3) is 3.66. The largest absolute Gasteiger partial charge is 0.481 e. The van der Waals surface area contributed by atoms with E-state index in [1.807, 2.05) is 0 Å². The van der Waals surface area contributed by atoms with Gasteiger partial charge < -0.3 is 20.4 Å². The van der Waals surface area contributed by atoms with E-state index in [2.05, 4.69) is 16.8 Å². The SMILES string of the molecule is CN1CCC(N2CCC(C(=O)O)CC2)CC1.O. The number of nitrogens with zero attached hydrogens (tertiary/aromatic N) is 2. The maximum Gasteiger partial charge on any atom is 0.306 e. The minimum Gasteiger partial charge on any atom is -0.481 e. The zero-order chi connectivity index (χ0) is 11.5. The van der Waals surface area contributed by atoms with Crippen molar-refractivity contribution >= 4 is 5.97 Å². The average Bonchev–Trinajstić information content (AvgIpc) is 2.30. The third-order valence-corrected chi connectivity index (χ3v) is 4.08. The molecule has 2 heterocycles. The molecule has 0 atom stereocenters. The van der Waals surface area contributed by atoms with E-state index in [4.69, 9.17) is 5.11 Å². The Labute approximate surface area is 103 Å². The van der Waals surface area contributed by atoms with Gasteiger partial charge in [0, 0.05) is 6.04 Å².